The maximum absolute atomic E-state index is 6.02. The minimum atomic E-state index is 0.163. The molecule has 82 valence electrons. The van der Waals surface area contributed by atoms with Crippen LogP contribution in [-0.4, -0.2) is 6.04 Å². The Kier molecular flexibility index (Phi) is 4.57. The molecule has 0 aliphatic carbocycles. The van der Waals surface area contributed by atoms with Crippen LogP contribution >= 0.6 is 0 Å². The summed E-state index contributed by atoms with van der Waals surface area (Å²) in [5.41, 5.74) is 8.53. The Balaban J connectivity index is 2.61. The first-order valence-electron chi connectivity index (χ1n) is 5.64. The second-order valence-corrected chi connectivity index (χ2v) is 4.23. The van der Waals surface area contributed by atoms with Crippen LogP contribution in [0.15, 0.2) is 30.3 Å². The van der Waals surface area contributed by atoms with Crippen LogP contribution in [0.25, 0.3) is 6.08 Å². The Bertz CT molecular complexity index is 311. The molecule has 0 saturated carbocycles. The van der Waals surface area contributed by atoms with Gasteiger partial charge in [0, 0.05) is 6.04 Å². The zero-order valence-electron chi connectivity index (χ0n) is 9.90. The lowest BCUT2D eigenvalue weighted by Gasteiger charge is -2.13. The van der Waals surface area contributed by atoms with Gasteiger partial charge in [-0.3, -0.25) is 0 Å². The lowest BCUT2D eigenvalue weighted by atomic mass is 9.99. The third-order valence-corrected chi connectivity index (χ3v) is 2.89. The molecule has 0 fully saturated rings. The molecule has 0 unspecified atom stereocenters. The first kappa shape index (κ1) is 12.0. The topological polar surface area (TPSA) is 26.0 Å². The summed E-state index contributed by atoms with van der Waals surface area (Å²) >= 11 is 0. The third-order valence-electron chi connectivity index (χ3n) is 2.89. The Hall–Kier alpha value is -1.08. The molecule has 0 heterocycles. The van der Waals surface area contributed by atoms with Crippen LogP contribution in [0.1, 0.15) is 31.4 Å². The van der Waals surface area contributed by atoms with Crippen LogP contribution in [0.3, 0.4) is 0 Å². The summed E-state index contributed by atoms with van der Waals surface area (Å²) in [5.74, 6) is 0.548. The predicted octanol–water partition coefficient (Wildman–Crippen LogP) is 3.38. The SMILES string of the molecule is CC[C@H](C)[C@H](N)/C=C/c1ccc(C)cc1. The summed E-state index contributed by atoms with van der Waals surface area (Å²) in [6, 6.07) is 8.64. The predicted molar refractivity (Wildman–Crippen MR) is 67.6 cm³/mol. The van der Waals surface area contributed by atoms with Crippen molar-refractivity contribution in [2.45, 2.75) is 33.2 Å². The summed E-state index contributed by atoms with van der Waals surface area (Å²) in [7, 11) is 0. The monoisotopic (exact) mass is 203 g/mol. The molecular weight excluding hydrogens is 182 g/mol. The van der Waals surface area contributed by atoms with Gasteiger partial charge in [-0.05, 0) is 18.4 Å². The summed E-state index contributed by atoms with van der Waals surface area (Å²) in [5, 5.41) is 0. The smallest absolute Gasteiger partial charge is 0.0252 e. The molecule has 2 N–H and O–H groups in total. The quantitative estimate of drug-likeness (QED) is 0.797. The van der Waals surface area contributed by atoms with E-state index in [0.29, 0.717) is 5.92 Å². The Morgan fingerprint density at radius 3 is 2.40 bits per heavy atom. The largest absolute Gasteiger partial charge is 0.324 e. The highest BCUT2D eigenvalue weighted by Crippen LogP contribution is 2.10. The summed E-state index contributed by atoms with van der Waals surface area (Å²) in [6.07, 6.45) is 5.33. The summed E-state index contributed by atoms with van der Waals surface area (Å²) < 4.78 is 0. The second-order valence-electron chi connectivity index (χ2n) is 4.23. The molecule has 1 aromatic rings. The zero-order chi connectivity index (χ0) is 11.3. The van der Waals surface area contributed by atoms with Crippen LogP contribution in [0, 0.1) is 12.8 Å². The van der Waals surface area contributed by atoms with E-state index in [9.17, 15) is 0 Å². The highest BCUT2D eigenvalue weighted by atomic mass is 14.6. The van der Waals surface area contributed by atoms with Crippen molar-refractivity contribution in [3.8, 4) is 0 Å². The molecule has 15 heavy (non-hydrogen) atoms. The molecule has 0 aromatic heterocycles. The van der Waals surface area contributed by atoms with Gasteiger partial charge >= 0.3 is 0 Å². The van der Waals surface area contributed by atoms with E-state index < -0.39 is 0 Å². The molecule has 0 radical (unpaired) electrons. The molecule has 1 aromatic carbocycles. The maximum atomic E-state index is 6.02. The van der Waals surface area contributed by atoms with Crippen molar-refractivity contribution in [1.29, 1.82) is 0 Å². The van der Waals surface area contributed by atoms with Crippen molar-refractivity contribution >= 4 is 6.08 Å². The van der Waals surface area contributed by atoms with Gasteiger partial charge in [0.05, 0.1) is 0 Å². The van der Waals surface area contributed by atoms with E-state index in [1.165, 1.54) is 11.1 Å². The third kappa shape index (κ3) is 3.88. The van der Waals surface area contributed by atoms with E-state index in [4.69, 9.17) is 5.73 Å². The molecule has 0 saturated heterocycles. The van der Waals surface area contributed by atoms with Crippen molar-refractivity contribution in [2.24, 2.45) is 11.7 Å². The zero-order valence-corrected chi connectivity index (χ0v) is 9.90. The molecule has 1 heteroatoms. The first-order valence-corrected chi connectivity index (χ1v) is 5.64. The fraction of sp³-hybridized carbons (Fsp3) is 0.429. The number of rotatable bonds is 4. The van der Waals surface area contributed by atoms with Crippen LogP contribution in [-0.2, 0) is 0 Å². The molecule has 1 rings (SSSR count). The van der Waals surface area contributed by atoms with Crippen LogP contribution in [0.5, 0.6) is 0 Å². The number of nitrogens with two attached hydrogens (primary N) is 1. The highest BCUT2D eigenvalue weighted by Gasteiger charge is 2.05. The molecule has 2 atom stereocenters. The molecule has 0 aliphatic heterocycles. The summed E-state index contributed by atoms with van der Waals surface area (Å²) in [6.45, 7) is 6.45. The van der Waals surface area contributed by atoms with E-state index in [-0.39, 0.29) is 6.04 Å². The van der Waals surface area contributed by atoms with Crippen molar-refractivity contribution in [3.05, 3.63) is 41.5 Å². The van der Waals surface area contributed by atoms with Gasteiger partial charge < -0.3 is 5.73 Å². The van der Waals surface area contributed by atoms with Gasteiger partial charge in [0.1, 0.15) is 0 Å². The molecule has 0 amide bonds. The lowest BCUT2D eigenvalue weighted by molar-refractivity contribution is 0.504. The van der Waals surface area contributed by atoms with Crippen LogP contribution < -0.4 is 5.73 Å². The minimum absolute atomic E-state index is 0.163. The standard InChI is InChI=1S/C14H21N/c1-4-12(3)14(15)10-9-13-7-5-11(2)6-8-13/h5-10,12,14H,4,15H2,1-3H3/b10-9+/t12-,14+/m0/s1. The van der Waals surface area contributed by atoms with Crippen LogP contribution in [0.2, 0.25) is 0 Å². The van der Waals surface area contributed by atoms with E-state index in [2.05, 4.69) is 57.2 Å². The summed E-state index contributed by atoms with van der Waals surface area (Å²) in [4.78, 5) is 0. The number of hydrogen-bond donors (Lipinski definition) is 1. The van der Waals surface area contributed by atoms with E-state index >= 15 is 0 Å². The van der Waals surface area contributed by atoms with Crippen molar-refractivity contribution in [2.75, 3.05) is 0 Å². The van der Waals surface area contributed by atoms with Gasteiger partial charge in [-0.2, -0.15) is 0 Å². The fourth-order valence-corrected chi connectivity index (χ4v) is 1.36. The number of aryl methyl sites for hydroxylation is 1. The van der Waals surface area contributed by atoms with Gasteiger partial charge in [-0.1, -0.05) is 62.2 Å². The maximum Gasteiger partial charge on any atom is 0.0252 e. The van der Waals surface area contributed by atoms with Gasteiger partial charge in [0.25, 0.3) is 0 Å². The molecule has 1 nitrogen and oxygen atoms in total. The van der Waals surface area contributed by atoms with E-state index in [0.717, 1.165) is 6.42 Å². The van der Waals surface area contributed by atoms with Crippen molar-refractivity contribution in [1.82, 2.24) is 0 Å². The van der Waals surface area contributed by atoms with E-state index in [1.54, 1.807) is 0 Å². The Labute approximate surface area is 93.0 Å². The van der Waals surface area contributed by atoms with Crippen LogP contribution in [0.4, 0.5) is 0 Å². The second kappa shape index (κ2) is 5.72. The minimum Gasteiger partial charge on any atom is -0.324 e. The van der Waals surface area contributed by atoms with Gasteiger partial charge in [-0.15, -0.1) is 0 Å². The first-order chi connectivity index (χ1) is 7.13. The Morgan fingerprint density at radius 1 is 1.27 bits per heavy atom. The molecule has 0 aliphatic rings. The molecule has 0 bridgehead atoms. The average Bonchev–Trinajstić information content (AvgIpc) is 2.26. The van der Waals surface area contributed by atoms with E-state index in [1.807, 2.05) is 0 Å². The van der Waals surface area contributed by atoms with Gasteiger partial charge in [-0.25, -0.2) is 0 Å². The molecule has 0 spiro atoms. The van der Waals surface area contributed by atoms with Crippen molar-refractivity contribution in [3.63, 3.8) is 0 Å². The van der Waals surface area contributed by atoms with Gasteiger partial charge in [0.15, 0.2) is 0 Å². The highest BCUT2D eigenvalue weighted by molar-refractivity contribution is 5.50. The Morgan fingerprint density at radius 2 is 1.87 bits per heavy atom. The normalized spacial score (nSPS) is 15.5. The number of benzene rings is 1. The average molecular weight is 203 g/mol. The lowest BCUT2D eigenvalue weighted by Crippen LogP contribution is -2.24. The number of hydrogen-bond acceptors (Lipinski definition) is 1. The van der Waals surface area contributed by atoms with Gasteiger partial charge in [0.2, 0.25) is 0 Å². The fourth-order valence-electron chi connectivity index (χ4n) is 1.36. The molecular formula is C14H21N. The van der Waals surface area contributed by atoms with Crippen molar-refractivity contribution < 1.29 is 0 Å².